The molecule has 0 aromatic carbocycles. The predicted octanol–water partition coefficient (Wildman–Crippen LogP) is 1.54. The molecule has 0 saturated carbocycles. The van der Waals surface area contributed by atoms with Crippen LogP contribution in [0.3, 0.4) is 0 Å². The normalized spacial score (nSPS) is 10.1. The fourth-order valence-electron chi connectivity index (χ4n) is 0.704. The summed E-state index contributed by atoms with van der Waals surface area (Å²) in [6.45, 7) is 5.28. The smallest absolute Gasteiger partial charge is 0.129 e. The van der Waals surface area contributed by atoms with Crippen LogP contribution in [-0.2, 0) is 0 Å². The molecule has 0 atom stereocenters. The highest BCUT2D eigenvalue weighted by molar-refractivity contribution is 5.31. The Morgan fingerprint density at radius 2 is 2.36 bits per heavy atom. The summed E-state index contributed by atoms with van der Waals surface area (Å²) < 4.78 is 0. The first-order valence-corrected chi connectivity index (χ1v) is 3.79. The topological polar surface area (TPSA) is 37.8 Å². The molecule has 1 rings (SSSR count). The molecule has 1 heterocycles. The number of aromatic nitrogens is 2. The highest BCUT2D eigenvalue weighted by Gasteiger charge is 1.93. The molecule has 0 saturated heterocycles. The molecule has 0 amide bonds. The van der Waals surface area contributed by atoms with Crippen molar-refractivity contribution >= 4 is 5.82 Å². The third kappa shape index (κ3) is 2.98. The second-order valence-corrected chi connectivity index (χ2v) is 2.87. The van der Waals surface area contributed by atoms with Gasteiger partial charge in [-0.05, 0) is 12.0 Å². The number of nitrogens with zero attached hydrogens (tertiary/aromatic N) is 2. The van der Waals surface area contributed by atoms with Gasteiger partial charge in [0.05, 0.1) is 0 Å². The number of hydrogen-bond acceptors (Lipinski definition) is 3. The predicted molar refractivity (Wildman–Crippen MR) is 45.4 cm³/mol. The third-order valence-electron chi connectivity index (χ3n) is 1.27. The van der Waals surface area contributed by atoms with E-state index in [-0.39, 0.29) is 0 Å². The molecule has 0 bridgehead atoms. The van der Waals surface area contributed by atoms with Gasteiger partial charge in [0.15, 0.2) is 0 Å². The van der Waals surface area contributed by atoms with E-state index in [1.54, 1.807) is 12.5 Å². The zero-order chi connectivity index (χ0) is 8.10. The molecule has 3 nitrogen and oxygen atoms in total. The summed E-state index contributed by atoms with van der Waals surface area (Å²) in [5.74, 6) is 1.54. The van der Waals surface area contributed by atoms with Crippen molar-refractivity contribution in [2.45, 2.75) is 13.8 Å². The van der Waals surface area contributed by atoms with Crippen molar-refractivity contribution in [2.75, 3.05) is 11.9 Å². The van der Waals surface area contributed by atoms with Crippen LogP contribution in [0.2, 0.25) is 0 Å². The Morgan fingerprint density at radius 1 is 1.55 bits per heavy atom. The zero-order valence-corrected chi connectivity index (χ0v) is 6.91. The summed E-state index contributed by atoms with van der Waals surface area (Å²) in [7, 11) is 0. The monoisotopic (exact) mass is 151 g/mol. The van der Waals surface area contributed by atoms with Crippen molar-refractivity contribution in [3.63, 3.8) is 0 Å². The van der Waals surface area contributed by atoms with E-state index in [0.717, 1.165) is 12.4 Å². The van der Waals surface area contributed by atoms with Gasteiger partial charge in [0.1, 0.15) is 12.1 Å². The minimum absolute atomic E-state index is 0.643. The van der Waals surface area contributed by atoms with E-state index >= 15 is 0 Å². The molecule has 1 aromatic heterocycles. The standard InChI is InChI=1S/C8H13N3/c1-7(2)5-10-8-3-4-9-6-11-8/h3-4,6-7H,5H2,1-2H3,(H,9,10,11). The molecule has 0 aliphatic carbocycles. The zero-order valence-electron chi connectivity index (χ0n) is 6.91. The molecule has 0 spiro atoms. The molecule has 0 aliphatic heterocycles. The van der Waals surface area contributed by atoms with Crippen LogP contribution < -0.4 is 5.32 Å². The molecule has 1 N–H and O–H groups in total. The first-order valence-electron chi connectivity index (χ1n) is 3.79. The third-order valence-corrected chi connectivity index (χ3v) is 1.27. The van der Waals surface area contributed by atoms with E-state index < -0.39 is 0 Å². The van der Waals surface area contributed by atoms with Crippen LogP contribution in [0.15, 0.2) is 18.6 Å². The Morgan fingerprint density at radius 3 is 2.91 bits per heavy atom. The van der Waals surface area contributed by atoms with Gasteiger partial charge in [0.25, 0.3) is 0 Å². The lowest BCUT2D eigenvalue weighted by Crippen LogP contribution is -2.08. The number of hydrogen-bond donors (Lipinski definition) is 1. The van der Waals surface area contributed by atoms with Crippen LogP contribution in [0.25, 0.3) is 0 Å². The van der Waals surface area contributed by atoms with Gasteiger partial charge in [-0.2, -0.15) is 0 Å². The summed E-state index contributed by atoms with van der Waals surface area (Å²) in [5.41, 5.74) is 0. The Bertz CT molecular complexity index is 196. The van der Waals surface area contributed by atoms with E-state index in [0.29, 0.717) is 5.92 Å². The Kier molecular flexibility index (Phi) is 2.83. The molecular weight excluding hydrogens is 138 g/mol. The van der Waals surface area contributed by atoms with Crippen LogP contribution in [0.1, 0.15) is 13.8 Å². The highest BCUT2D eigenvalue weighted by atomic mass is 15.0. The van der Waals surface area contributed by atoms with Gasteiger partial charge < -0.3 is 5.32 Å². The van der Waals surface area contributed by atoms with Crippen molar-refractivity contribution in [3.8, 4) is 0 Å². The van der Waals surface area contributed by atoms with E-state index in [2.05, 4.69) is 29.1 Å². The average Bonchev–Trinajstić information content (AvgIpc) is 2.03. The number of rotatable bonds is 3. The minimum atomic E-state index is 0.643. The lowest BCUT2D eigenvalue weighted by molar-refractivity contribution is 0.687. The Labute approximate surface area is 66.9 Å². The molecular formula is C8H13N3. The lowest BCUT2D eigenvalue weighted by atomic mass is 10.2. The van der Waals surface area contributed by atoms with Gasteiger partial charge in [-0.1, -0.05) is 13.8 Å². The molecule has 11 heavy (non-hydrogen) atoms. The van der Waals surface area contributed by atoms with Crippen molar-refractivity contribution in [1.29, 1.82) is 0 Å². The van der Waals surface area contributed by atoms with Gasteiger partial charge in [0, 0.05) is 12.7 Å². The Hall–Kier alpha value is -1.12. The molecule has 0 radical (unpaired) electrons. The van der Waals surface area contributed by atoms with Gasteiger partial charge in [0.2, 0.25) is 0 Å². The fraction of sp³-hybridized carbons (Fsp3) is 0.500. The quantitative estimate of drug-likeness (QED) is 0.712. The van der Waals surface area contributed by atoms with Crippen molar-refractivity contribution in [2.24, 2.45) is 5.92 Å². The molecule has 3 heteroatoms. The van der Waals surface area contributed by atoms with Crippen LogP contribution >= 0.6 is 0 Å². The maximum atomic E-state index is 4.03. The summed E-state index contributed by atoms with van der Waals surface area (Å²) >= 11 is 0. The molecule has 1 aromatic rings. The van der Waals surface area contributed by atoms with Gasteiger partial charge >= 0.3 is 0 Å². The highest BCUT2D eigenvalue weighted by Crippen LogP contribution is 1.99. The number of anilines is 1. The van der Waals surface area contributed by atoms with Gasteiger partial charge in [-0.3, -0.25) is 0 Å². The first kappa shape index (κ1) is 7.98. The van der Waals surface area contributed by atoms with Crippen molar-refractivity contribution < 1.29 is 0 Å². The lowest BCUT2D eigenvalue weighted by Gasteiger charge is -2.06. The molecule has 0 unspecified atom stereocenters. The largest absolute Gasteiger partial charge is 0.370 e. The van der Waals surface area contributed by atoms with E-state index in [4.69, 9.17) is 0 Å². The number of nitrogens with one attached hydrogen (secondary N) is 1. The van der Waals surface area contributed by atoms with Crippen LogP contribution in [0.5, 0.6) is 0 Å². The maximum Gasteiger partial charge on any atom is 0.129 e. The van der Waals surface area contributed by atoms with E-state index in [9.17, 15) is 0 Å². The summed E-state index contributed by atoms with van der Waals surface area (Å²) in [5, 5.41) is 3.19. The summed E-state index contributed by atoms with van der Waals surface area (Å²) in [6.07, 6.45) is 3.28. The van der Waals surface area contributed by atoms with Crippen molar-refractivity contribution in [1.82, 2.24) is 9.97 Å². The summed E-state index contributed by atoms with van der Waals surface area (Å²) in [6, 6.07) is 1.86. The molecule has 0 fully saturated rings. The summed E-state index contributed by atoms with van der Waals surface area (Å²) in [4.78, 5) is 7.85. The van der Waals surface area contributed by atoms with Crippen molar-refractivity contribution in [3.05, 3.63) is 18.6 Å². The van der Waals surface area contributed by atoms with Crippen LogP contribution in [-0.4, -0.2) is 16.5 Å². The first-order chi connectivity index (χ1) is 5.29. The van der Waals surface area contributed by atoms with Gasteiger partial charge in [-0.25, -0.2) is 9.97 Å². The molecule has 60 valence electrons. The maximum absolute atomic E-state index is 4.03. The Balaban J connectivity index is 2.39. The fourth-order valence-corrected chi connectivity index (χ4v) is 0.704. The second kappa shape index (κ2) is 3.91. The van der Waals surface area contributed by atoms with Gasteiger partial charge in [-0.15, -0.1) is 0 Å². The van der Waals surface area contributed by atoms with Crippen LogP contribution in [0, 0.1) is 5.92 Å². The van der Waals surface area contributed by atoms with E-state index in [1.807, 2.05) is 6.07 Å². The average molecular weight is 151 g/mol. The second-order valence-electron chi connectivity index (χ2n) is 2.87. The van der Waals surface area contributed by atoms with Crippen LogP contribution in [0.4, 0.5) is 5.82 Å². The van der Waals surface area contributed by atoms with E-state index in [1.165, 1.54) is 0 Å². The SMILES string of the molecule is CC(C)CNc1ccncn1. The minimum Gasteiger partial charge on any atom is -0.370 e. The molecule has 0 aliphatic rings.